The van der Waals surface area contributed by atoms with Gasteiger partial charge >= 0.3 is 12.1 Å². The van der Waals surface area contributed by atoms with E-state index in [4.69, 9.17) is 5.11 Å². The number of hydrogen-bond donors (Lipinski definition) is 1. The normalized spacial score (nSPS) is 20.1. The SMILES string of the molecule is O=C(O)[C@H]1CCCCN1C(=O)C[C@@H](c1ccccc1)C(F)(F)F. The molecular weight excluding hydrogens is 311 g/mol. The van der Waals surface area contributed by atoms with Crippen molar-refractivity contribution in [3.8, 4) is 0 Å². The predicted octanol–water partition coefficient (Wildman–Crippen LogP) is 3.19. The summed E-state index contributed by atoms with van der Waals surface area (Å²) in [4.78, 5) is 24.6. The first-order valence-electron chi connectivity index (χ1n) is 7.44. The molecule has 0 radical (unpaired) electrons. The van der Waals surface area contributed by atoms with Crippen LogP contribution in [0.25, 0.3) is 0 Å². The minimum absolute atomic E-state index is 0.0113. The molecule has 0 spiro atoms. The lowest BCUT2D eigenvalue weighted by Gasteiger charge is -2.34. The van der Waals surface area contributed by atoms with Gasteiger partial charge in [-0.05, 0) is 24.8 Å². The number of hydrogen-bond acceptors (Lipinski definition) is 2. The molecule has 1 N–H and O–H groups in total. The molecule has 1 aromatic carbocycles. The number of rotatable bonds is 4. The van der Waals surface area contributed by atoms with Gasteiger partial charge in [-0.2, -0.15) is 13.2 Å². The maximum Gasteiger partial charge on any atom is 0.396 e. The topological polar surface area (TPSA) is 57.6 Å². The number of aliphatic carboxylic acids is 1. The molecule has 0 unspecified atom stereocenters. The molecule has 1 aliphatic heterocycles. The van der Waals surface area contributed by atoms with Crippen molar-refractivity contribution in [2.75, 3.05) is 6.54 Å². The Kier molecular flexibility index (Phi) is 5.28. The number of carbonyl (C=O) groups is 2. The number of likely N-dealkylation sites (tertiary alicyclic amines) is 1. The highest BCUT2D eigenvalue weighted by Gasteiger charge is 2.43. The molecule has 4 nitrogen and oxygen atoms in total. The molecule has 7 heteroatoms. The van der Waals surface area contributed by atoms with Crippen LogP contribution in [0.1, 0.15) is 37.2 Å². The Labute approximate surface area is 131 Å². The van der Waals surface area contributed by atoms with Gasteiger partial charge in [0.1, 0.15) is 6.04 Å². The minimum Gasteiger partial charge on any atom is -0.480 e. The fourth-order valence-corrected chi connectivity index (χ4v) is 2.89. The molecule has 0 saturated carbocycles. The molecule has 1 aromatic rings. The Morgan fingerprint density at radius 1 is 1.22 bits per heavy atom. The van der Waals surface area contributed by atoms with Gasteiger partial charge in [0.25, 0.3) is 0 Å². The van der Waals surface area contributed by atoms with E-state index in [1.54, 1.807) is 6.07 Å². The Morgan fingerprint density at radius 2 is 1.87 bits per heavy atom. The van der Waals surface area contributed by atoms with Crippen LogP contribution < -0.4 is 0 Å². The highest BCUT2D eigenvalue weighted by molar-refractivity contribution is 5.84. The van der Waals surface area contributed by atoms with Crippen LogP contribution >= 0.6 is 0 Å². The van der Waals surface area contributed by atoms with Crippen molar-refractivity contribution < 1.29 is 27.9 Å². The monoisotopic (exact) mass is 329 g/mol. The Hall–Kier alpha value is -2.05. The van der Waals surface area contributed by atoms with Gasteiger partial charge in [0.15, 0.2) is 0 Å². The number of carboxylic acid groups (broad SMARTS) is 1. The number of halogens is 3. The van der Waals surface area contributed by atoms with Crippen LogP contribution in [0.2, 0.25) is 0 Å². The second-order valence-electron chi connectivity index (χ2n) is 5.65. The number of carbonyl (C=O) groups excluding carboxylic acids is 1. The number of carboxylic acids is 1. The summed E-state index contributed by atoms with van der Waals surface area (Å²) < 4.78 is 39.9. The number of piperidine rings is 1. The van der Waals surface area contributed by atoms with Crippen LogP contribution in [0.5, 0.6) is 0 Å². The highest BCUT2D eigenvalue weighted by Crippen LogP contribution is 2.38. The van der Waals surface area contributed by atoms with Crippen molar-refractivity contribution in [1.82, 2.24) is 4.90 Å². The highest BCUT2D eigenvalue weighted by atomic mass is 19.4. The average molecular weight is 329 g/mol. The van der Waals surface area contributed by atoms with E-state index in [1.807, 2.05) is 0 Å². The molecule has 0 aromatic heterocycles. The van der Waals surface area contributed by atoms with E-state index in [9.17, 15) is 22.8 Å². The number of alkyl halides is 3. The lowest BCUT2D eigenvalue weighted by molar-refractivity contribution is -0.164. The van der Waals surface area contributed by atoms with Crippen LogP contribution in [0.3, 0.4) is 0 Å². The lowest BCUT2D eigenvalue weighted by atomic mass is 9.93. The van der Waals surface area contributed by atoms with Crippen LogP contribution in [-0.2, 0) is 9.59 Å². The molecule has 126 valence electrons. The standard InChI is InChI=1S/C16H18F3NO3/c17-16(18,19)12(11-6-2-1-3-7-11)10-14(21)20-9-5-4-8-13(20)15(22)23/h1-3,6-7,12-13H,4-5,8-10H2,(H,22,23)/t12-,13+/m0/s1. The van der Waals surface area contributed by atoms with E-state index in [0.29, 0.717) is 12.8 Å². The first-order chi connectivity index (χ1) is 10.8. The number of benzene rings is 1. The zero-order valence-corrected chi connectivity index (χ0v) is 12.4. The van der Waals surface area contributed by atoms with Gasteiger partial charge < -0.3 is 10.0 Å². The zero-order valence-electron chi connectivity index (χ0n) is 12.4. The first kappa shape index (κ1) is 17.3. The molecule has 1 fully saturated rings. The molecule has 1 saturated heterocycles. The van der Waals surface area contributed by atoms with Crippen LogP contribution in [0, 0.1) is 0 Å². The zero-order chi connectivity index (χ0) is 17.0. The molecule has 2 atom stereocenters. The molecule has 23 heavy (non-hydrogen) atoms. The molecule has 0 aliphatic carbocycles. The third-order valence-corrected chi connectivity index (χ3v) is 4.08. The van der Waals surface area contributed by atoms with Gasteiger partial charge in [0.2, 0.25) is 5.91 Å². The van der Waals surface area contributed by atoms with E-state index >= 15 is 0 Å². The van der Waals surface area contributed by atoms with Crippen molar-refractivity contribution >= 4 is 11.9 Å². The second-order valence-corrected chi connectivity index (χ2v) is 5.65. The summed E-state index contributed by atoms with van der Waals surface area (Å²) in [7, 11) is 0. The predicted molar refractivity (Wildman–Crippen MR) is 76.8 cm³/mol. The van der Waals surface area contributed by atoms with E-state index in [2.05, 4.69) is 0 Å². The second kappa shape index (κ2) is 7.02. The summed E-state index contributed by atoms with van der Waals surface area (Å²) in [5, 5.41) is 9.15. The van der Waals surface area contributed by atoms with Gasteiger partial charge in [0, 0.05) is 13.0 Å². The fraction of sp³-hybridized carbons (Fsp3) is 0.500. The van der Waals surface area contributed by atoms with E-state index in [-0.39, 0.29) is 18.5 Å². The molecular formula is C16H18F3NO3. The largest absolute Gasteiger partial charge is 0.480 e. The van der Waals surface area contributed by atoms with Gasteiger partial charge in [-0.15, -0.1) is 0 Å². The number of amides is 1. The molecule has 2 rings (SSSR count). The summed E-state index contributed by atoms with van der Waals surface area (Å²) in [6.07, 6.45) is -3.79. The van der Waals surface area contributed by atoms with Crippen molar-refractivity contribution in [2.45, 2.75) is 43.8 Å². The maximum atomic E-state index is 13.3. The van der Waals surface area contributed by atoms with Crippen LogP contribution in [-0.4, -0.2) is 40.6 Å². The van der Waals surface area contributed by atoms with E-state index in [0.717, 1.165) is 4.90 Å². The van der Waals surface area contributed by atoms with Gasteiger partial charge in [-0.1, -0.05) is 30.3 Å². The third kappa shape index (κ3) is 4.24. The van der Waals surface area contributed by atoms with Crippen LogP contribution in [0.4, 0.5) is 13.2 Å². The van der Waals surface area contributed by atoms with Crippen molar-refractivity contribution in [2.24, 2.45) is 0 Å². The summed E-state index contributed by atoms with van der Waals surface area (Å²) in [5.74, 6) is -3.85. The van der Waals surface area contributed by atoms with Gasteiger partial charge in [-0.3, -0.25) is 4.79 Å². The van der Waals surface area contributed by atoms with Gasteiger partial charge in [-0.25, -0.2) is 4.79 Å². The maximum absolute atomic E-state index is 13.3. The van der Waals surface area contributed by atoms with E-state index in [1.165, 1.54) is 24.3 Å². The summed E-state index contributed by atoms with van der Waals surface area (Å²) >= 11 is 0. The molecule has 1 heterocycles. The Bertz CT molecular complexity index is 559. The van der Waals surface area contributed by atoms with Crippen molar-refractivity contribution in [3.05, 3.63) is 35.9 Å². The van der Waals surface area contributed by atoms with Crippen molar-refractivity contribution in [3.63, 3.8) is 0 Å². The average Bonchev–Trinajstić information content (AvgIpc) is 2.52. The first-order valence-corrected chi connectivity index (χ1v) is 7.44. The van der Waals surface area contributed by atoms with Crippen LogP contribution in [0.15, 0.2) is 30.3 Å². The molecule has 0 bridgehead atoms. The fourth-order valence-electron chi connectivity index (χ4n) is 2.89. The lowest BCUT2D eigenvalue weighted by Crippen LogP contribution is -2.48. The van der Waals surface area contributed by atoms with E-state index < -0.39 is 36.4 Å². The molecule has 1 amide bonds. The van der Waals surface area contributed by atoms with Gasteiger partial charge in [0.05, 0.1) is 5.92 Å². The third-order valence-electron chi connectivity index (χ3n) is 4.08. The summed E-state index contributed by atoms with van der Waals surface area (Å²) in [6.45, 7) is 0.190. The Balaban J connectivity index is 2.19. The molecule has 1 aliphatic rings. The number of nitrogens with zero attached hydrogens (tertiary/aromatic N) is 1. The summed E-state index contributed by atoms with van der Waals surface area (Å²) in [6, 6.07) is 6.20. The van der Waals surface area contributed by atoms with Crippen molar-refractivity contribution in [1.29, 1.82) is 0 Å². The summed E-state index contributed by atoms with van der Waals surface area (Å²) in [5.41, 5.74) is 0.0113. The smallest absolute Gasteiger partial charge is 0.396 e. The quantitative estimate of drug-likeness (QED) is 0.923. The Morgan fingerprint density at radius 3 is 2.43 bits per heavy atom. The minimum atomic E-state index is -4.56.